The molecule has 1 heterocycles. The summed E-state index contributed by atoms with van der Waals surface area (Å²) >= 11 is 3.43. The van der Waals surface area contributed by atoms with Crippen molar-refractivity contribution < 1.29 is 4.79 Å². The smallest absolute Gasteiger partial charge is 0.230 e. The van der Waals surface area contributed by atoms with Crippen molar-refractivity contribution in [3.05, 3.63) is 111 Å². The molecule has 1 N–H and O–H groups in total. The lowest BCUT2D eigenvalue weighted by molar-refractivity contribution is -0.115. The number of aromatic nitrogens is 2. The van der Waals surface area contributed by atoms with E-state index in [0.717, 1.165) is 45.4 Å². The minimum absolute atomic E-state index is 0.114. The van der Waals surface area contributed by atoms with Gasteiger partial charge >= 0.3 is 0 Å². The Morgan fingerprint density at radius 2 is 1.64 bits per heavy atom. The zero-order valence-electron chi connectivity index (χ0n) is 18.0. The van der Waals surface area contributed by atoms with Gasteiger partial charge in [0, 0.05) is 10.0 Å². The van der Waals surface area contributed by atoms with E-state index < -0.39 is 0 Å². The number of amides is 1. The van der Waals surface area contributed by atoms with E-state index in [1.54, 1.807) is 0 Å². The zero-order chi connectivity index (χ0) is 22.6. The number of anilines is 1. The summed E-state index contributed by atoms with van der Waals surface area (Å²) in [4.78, 5) is 22.7. The van der Waals surface area contributed by atoms with E-state index in [1.165, 1.54) is 5.56 Å². The molecule has 5 rings (SSSR count). The maximum atomic E-state index is 12.8. The molecule has 1 aliphatic rings. The first-order valence-corrected chi connectivity index (χ1v) is 11.7. The molecule has 1 amide bonds. The van der Waals surface area contributed by atoms with Crippen molar-refractivity contribution in [1.82, 2.24) is 9.97 Å². The normalized spacial score (nSPS) is 12.3. The lowest BCUT2D eigenvalue weighted by Gasteiger charge is -2.20. The van der Waals surface area contributed by atoms with Crippen molar-refractivity contribution >= 4 is 39.8 Å². The van der Waals surface area contributed by atoms with E-state index in [9.17, 15) is 4.79 Å². The minimum atomic E-state index is -0.114. The topological polar surface area (TPSA) is 54.9 Å². The molecule has 0 saturated carbocycles. The highest BCUT2D eigenvalue weighted by Gasteiger charge is 2.21. The van der Waals surface area contributed by atoms with Gasteiger partial charge in [-0.25, -0.2) is 9.97 Å². The monoisotopic (exact) mass is 495 g/mol. The number of nitrogens with one attached hydrogen (secondary N) is 1. The Morgan fingerprint density at radius 3 is 2.45 bits per heavy atom. The van der Waals surface area contributed by atoms with Crippen LogP contribution in [0.5, 0.6) is 0 Å². The summed E-state index contributed by atoms with van der Waals surface area (Å²) in [7, 11) is 0. The molecule has 0 saturated heterocycles. The molecular weight excluding hydrogens is 474 g/mol. The Labute approximate surface area is 201 Å². The van der Waals surface area contributed by atoms with E-state index in [-0.39, 0.29) is 12.3 Å². The first kappa shape index (κ1) is 21.3. The van der Waals surface area contributed by atoms with Crippen LogP contribution < -0.4 is 5.32 Å². The first-order chi connectivity index (χ1) is 16.2. The largest absolute Gasteiger partial charge is 0.309 e. The van der Waals surface area contributed by atoms with Crippen LogP contribution in [0.15, 0.2) is 83.3 Å². The third kappa shape index (κ3) is 4.94. The molecule has 33 heavy (non-hydrogen) atoms. The van der Waals surface area contributed by atoms with Crippen molar-refractivity contribution in [3.8, 4) is 11.3 Å². The fraction of sp³-hybridized carbons (Fsp3) is 0.107. The van der Waals surface area contributed by atoms with Gasteiger partial charge in [-0.05, 0) is 47.7 Å². The number of carbonyl (C=O) groups is 1. The summed E-state index contributed by atoms with van der Waals surface area (Å²) in [6.45, 7) is 0. The van der Waals surface area contributed by atoms with Crippen LogP contribution in [0.25, 0.3) is 23.4 Å². The number of fused-ring (bicyclic) bond motifs is 3. The summed E-state index contributed by atoms with van der Waals surface area (Å²) in [6.07, 6.45) is 5.92. The van der Waals surface area contributed by atoms with Gasteiger partial charge in [-0.15, -0.1) is 0 Å². The molecule has 0 spiro atoms. The molecule has 1 aromatic heterocycles. The van der Waals surface area contributed by atoms with Gasteiger partial charge in [0.2, 0.25) is 5.91 Å². The van der Waals surface area contributed by atoms with Crippen LogP contribution in [0.3, 0.4) is 0 Å². The summed E-state index contributed by atoms with van der Waals surface area (Å²) in [5, 5.41) is 3.01. The second-order valence-corrected chi connectivity index (χ2v) is 8.92. The van der Waals surface area contributed by atoms with Gasteiger partial charge in [0.05, 0.1) is 17.8 Å². The summed E-state index contributed by atoms with van der Waals surface area (Å²) < 4.78 is 0.987. The van der Waals surface area contributed by atoms with Crippen molar-refractivity contribution in [2.75, 3.05) is 5.32 Å². The van der Waals surface area contributed by atoms with Gasteiger partial charge in [-0.2, -0.15) is 0 Å². The van der Waals surface area contributed by atoms with Crippen LogP contribution >= 0.6 is 15.9 Å². The number of hydrogen-bond donors (Lipinski definition) is 1. The van der Waals surface area contributed by atoms with E-state index in [1.807, 2.05) is 72.8 Å². The van der Waals surface area contributed by atoms with Gasteiger partial charge in [-0.1, -0.05) is 88.7 Å². The predicted octanol–water partition coefficient (Wildman–Crippen LogP) is 6.36. The number of aryl methyl sites for hydroxylation is 2. The van der Waals surface area contributed by atoms with Gasteiger partial charge in [0.1, 0.15) is 5.69 Å². The molecule has 5 heteroatoms. The highest BCUT2D eigenvalue weighted by atomic mass is 79.9. The fourth-order valence-electron chi connectivity index (χ4n) is 4.01. The standard InChI is InChI=1S/C28H22BrN3O/c29-22-14-10-20(11-15-22)18-26(33)32-28-25(16-12-19-6-2-1-3-7-19)30-27-23-9-5-4-8-21(23)13-17-24(27)31-28/h1-12,14-16H,13,17-18H2,(H,31,32,33)/b16-12+. The van der Waals surface area contributed by atoms with E-state index in [0.29, 0.717) is 11.5 Å². The Kier molecular flexibility index (Phi) is 6.13. The van der Waals surface area contributed by atoms with Crippen LogP contribution in [0, 0.1) is 0 Å². The van der Waals surface area contributed by atoms with Crippen LogP contribution in [0.4, 0.5) is 5.82 Å². The Balaban J connectivity index is 1.50. The third-order valence-corrected chi connectivity index (χ3v) is 6.20. The Bertz CT molecular complexity index is 1330. The van der Waals surface area contributed by atoms with Crippen LogP contribution in [0.1, 0.15) is 28.1 Å². The summed E-state index contributed by atoms with van der Waals surface area (Å²) in [5.74, 6) is 0.388. The molecule has 0 radical (unpaired) electrons. The molecule has 0 fully saturated rings. The molecule has 4 nitrogen and oxygen atoms in total. The number of halogens is 1. The summed E-state index contributed by atoms with van der Waals surface area (Å²) in [6, 6.07) is 26.1. The fourth-order valence-corrected chi connectivity index (χ4v) is 4.27. The second kappa shape index (κ2) is 9.51. The number of benzene rings is 3. The molecule has 0 aliphatic heterocycles. The van der Waals surface area contributed by atoms with E-state index in [2.05, 4.69) is 39.4 Å². The average Bonchev–Trinajstić information content (AvgIpc) is 2.84. The SMILES string of the molecule is O=C(Cc1ccc(Br)cc1)Nc1nc2c(nc1/C=C/c1ccccc1)-c1ccccc1CC2. The molecule has 1 aliphatic carbocycles. The van der Waals surface area contributed by atoms with E-state index in [4.69, 9.17) is 9.97 Å². The second-order valence-electron chi connectivity index (χ2n) is 8.01. The van der Waals surface area contributed by atoms with Crippen molar-refractivity contribution in [2.45, 2.75) is 19.3 Å². The quantitative estimate of drug-likeness (QED) is 0.350. The number of rotatable bonds is 5. The molecule has 4 aromatic rings. The number of nitrogens with zero attached hydrogens (tertiary/aromatic N) is 2. The third-order valence-electron chi connectivity index (χ3n) is 5.67. The molecular formula is C28H22BrN3O. The van der Waals surface area contributed by atoms with Gasteiger partial charge in [0.15, 0.2) is 5.82 Å². The van der Waals surface area contributed by atoms with Crippen LogP contribution in [-0.4, -0.2) is 15.9 Å². The zero-order valence-corrected chi connectivity index (χ0v) is 19.5. The van der Waals surface area contributed by atoms with E-state index >= 15 is 0 Å². The van der Waals surface area contributed by atoms with Gasteiger partial charge < -0.3 is 5.32 Å². The van der Waals surface area contributed by atoms with Gasteiger partial charge in [-0.3, -0.25) is 4.79 Å². The predicted molar refractivity (Wildman–Crippen MR) is 137 cm³/mol. The minimum Gasteiger partial charge on any atom is -0.309 e. The van der Waals surface area contributed by atoms with Crippen molar-refractivity contribution in [2.24, 2.45) is 0 Å². The molecule has 0 atom stereocenters. The molecule has 0 unspecified atom stereocenters. The maximum Gasteiger partial charge on any atom is 0.230 e. The lowest BCUT2D eigenvalue weighted by atomic mass is 9.92. The summed E-state index contributed by atoms with van der Waals surface area (Å²) in [5.41, 5.74) is 6.87. The highest BCUT2D eigenvalue weighted by molar-refractivity contribution is 9.10. The number of hydrogen-bond acceptors (Lipinski definition) is 3. The molecule has 162 valence electrons. The van der Waals surface area contributed by atoms with Gasteiger partial charge in [0.25, 0.3) is 0 Å². The van der Waals surface area contributed by atoms with Crippen LogP contribution in [0.2, 0.25) is 0 Å². The molecule has 3 aromatic carbocycles. The maximum absolute atomic E-state index is 12.8. The van der Waals surface area contributed by atoms with Crippen LogP contribution in [-0.2, 0) is 24.1 Å². The first-order valence-electron chi connectivity index (χ1n) is 10.9. The molecule has 0 bridgehead atoms. The van der Waals surface area contributed by atoms with Crippen molar-refractivity contribution in [3.63, 3.8) is 0 Å². The Morgan fingerprint density at radius 1 is 0.879 bits per heavy atom. The lowest BCUT2D eigenvalue weighted by Crippen LogP contribution is -2.19. The number of carbonyl (C=O) groups excluding carboxylic acids is 1. The van der Waals surface area contributed by atoms with Crippen molar-refractivity contribution in [1.29, 1.82) is 0 Å². The average molecular weight is 496 g/mol. The Hall–Kier alpha value is -3.57. The highest BCUT2D eigenvalue weighted by Crippen LogP contribution is 2.33.